The molecule has 4 nitrogen and oxygen atoms in total. The number of carboxylic acid groups (broad SMARTS) is 1. The van der Waals surface area contributed by atoms with Gasteiger partial charge in [-0.05, 0) is 30.7 Å². The summed E-state index contributed by atoms with van der Waals surface area (Å²) < 4.78 is 0. The minimum Gasteiger partial charge on any atom is -0.478 e. The van der Waals surface area contributed by atoms with Gasteiger partial charge in [-0.25, -0.2) is 4.79 Å². The van der Waals surface area contributed by atoms with E-state index in [1.807, 2.05) is 24.3 Å². The number of aryl methyl sites for hydroxylation is 1. The van der Waals surface area contributed by atoms with E-state index in [4.69, 9.17) is 5.11 Å². The van der Waals surface area contributed by atoms with E-state index in [2.05, 4.69) is 29.3 Å². The third-order valence-corrected chi connectivity index (χ3v) is 4.26. The Hall–Kier alpha value is -2.53. The first kappa shape index (κ1) is 14.4. The van der Waals surface area contributed by atoms with Gasteiger partial charge < -0.3 is 5.11 Å². The van der Waals surface area contributed by atoms with Crippen LogP contribution in [0.4, 0.5) is 0 Å². The second-order valence-electron chi connectivity index (χ2n) is 5.05. The van der Waals surface area contributed by atoms with Crippen molar-refractivity contribution < 1.29 is 9.90 Å². The maximum Gasteiger partial charge on any atom is 0.335 e. The van der Waals surface area contributed by atoms with Crippen LogP contribution in [-0.2, 0) is 6.42 Å². The van der Waals surface area contributed by atoms with E-state index in [0.29, 0.717) is 12.0 Å². The Morgan fingerprint density at radius 2 is 1.91 bits per heavy atom. The average molecular weight is 310 g/mol. The van der Waals surface area contributed by atoms with Crippen LogP contribution in [0.1, 0.15) is 26.5 Å². The van der Waals surface area contributed by atoms with E-state index >= 15 is 0 Å². The first-order chi connectivity index (χ1) is 10.6. The van der Waals surface area contributed by atoms with E-state index in [9.17, 15) is 4.79 Å². The minimum atomic E-state index is -0.913. The van der Waals surface area contributed by atoms with Crippen LogP contribution in [0.25, 0.3) is 10.6 Å². The molecule has 22 heavy (non-hydrogen) atoms. The molecular weight excluding hydrogens is 296 g/mol. The van der Waals surface area contributed by atoms with Gasteiger partial charge in [0, 0.05) is 12.0 Å². The zero-order valence-electron chi connectivity index (χ0n) is 12.0. The third-order valence-electron chi connectivity index (χ3n) is 3.29. The molecule has 0 saturated heterocycles. The highest BCUT2D eigenvalue weighted by atomic mass is 32.1. The van der Waals surface area contributed by atoms with Crippen LogP contribution < -0.4 is 0 Å². The number of hydrogen-bond donors (Lipinski definition) is 1. The van der Waals surface area contributed by atoms with Gasteiger partial charge >= 0.3 is 5.97 Å². The summed E-state index contributed by atoms with van der Waals surface area (Å²) in [5, 5.41) is 19.2. The monoisotopic (exact) mass is 310 g/mol. The van der Waals surface area contributed by atoms with Gasteiger partial charge in [0.2, 0.25) is 0 Å². The molecule has 0 amide bonds. The Labute approximate surface area is 132 Å². The Balaban J connectivity index is 1.78. The Bertz CT molecular complexity index is 810. The minimum absolute atomic E-state index is 0.293. The standard InChI is InChI=1S/C17H14N2O2S/c1-11-3-2-4-14(9-11)16-19-18-15(22-16)10-12-5-7-13(8-6-12)17(20)21/h2-9H,10H2,1H3,(H,20,21). The highest BCUT2D eigenvalue weighted by Gasteiger charge is 2.08. The molecule has 0 aliphatic carbocycles. The van der Waals surface area contributed by atoms with Crippen molar-refractivity contribution in [1.29, 1.82) is 0 Å². The fraction of sp³-hybridized carbons (Fsp3) is 0.118. The molecule has 3 aromatic rings. The van der Waals surface area contributed by atoms with Crippen LogP contribution in [0.2, 0.25) is 0 Å². The summed E-state index contributed by atoms with van der Waals surface area (Å²) in [4.78, 5) is 10.8. The Morgan fingerprint density at radius 3 is 2.59 bits per heavy atom. The van der Waals surface area contributed by atoms with Gasteiger partial charge in [0.15, 0.2) is 0 Å². The number of benzene rings is 2. The molecule has 110 valence electrons. The summed E-state index contributed by atoms with van der Waals surface area (Å²) >= 11 is 1.56. The molecule has 1 heterocycles. The highest BCUT2D eigenvalue weighted by molar-refractivity contribution is 7.14. The summed E-state index contributed by atoms with van der Waals surface area (Å²) in [6.07, 6.45) is 0.656. The fourth-order valence-electron chi connectivity index (χ4n) is 2.16. The second-order valence-corrected chi connectivity index (χ2v) is 6.11. The molecule has 0 saturated carbocycles. The fourth-order valence-corrected chi connectivity index (χ4v) is 3.03. The topological polar surface area (TPSA) is 63.1 Å². The molecule has 0 unspecified atom stereocenters. The summed E-state index contributed by atoms with van der Waals surface area (Å²) in [7, 11) is 0. The Kier molecular flexibility index (Phi) is 3.98. The molecular formula is C17H14N2O2S. The van der Waals surface area contributed by atoms with Gasteiger partial charge in [-0.1, -0.05) is 47.2 Å². The average Bonchev–Trinajstić information content (AvgIpc) is 2.96. The lowest BCUT2D eigenvalue weighted by molar-refractivity contribution is 0.0697. The van der Waals surface area contributed by atoms with Crippen LogP contribution in [0.15, 0.2) is 48.5 Å². The summed E-state index contributed by atoms with van der Waals surface area (Å²) in [6.45, 7) is 2.05. The van der Waals surface area contributed by atoms with Crippen LogP contribution in [0.3, 0.4) is 0 Å². The molecule has 3 rings (SSSR count). The molecule has 1 aromatic heterocycles. The number of carboxylic acids is 1. The van der Waals surface area contributed by atoms with E-state index in [-0.39, 0.29) is 0 Å². The maximum atomic E-state index is 10.8. The predicted molar refractivity (Wildman–Crippen MR) is 86.3 cm³/mol. The first-order valence-electron chi connectivity index (χ1n) is 6.83. The zero-order chi connectivity index (χ0) is 15.5. The molecule has 1 N–H and O–H groups in total. The molecule has 0 fully saturated rings. The van der Waals surface area contributed by atoms with Gasteiger partial charge in [0.25, 0.3) is 0 Å². The van der Waals surface area contributed by atoms with Crippen molar-refractivity contribution in [3.63, 3.8) is 0 Å². The highest BCUT2D eigenvalue weighted by Crippen LogP contribution is 2.25. The molecule has 0 atom stereocenters. The SMILES string of the molecule is Cc1cccc(-c2nnc(Cc3ccc(C(=O)O)cc3)s2)c1. The smallest absolute Gasteiger partial charge is 0.335 e. The number of hydrogen-bond acceptors (Lipinski definition) is 4. The third kappa shape index (κ3) is 3.20. The molecule has 0 aliphatic rings. The lowest BCUT2D eigenvalue weighted by atomic mass is 10.1. The molecule has 2 aromatic carbocycles. The van der Waals surface area contributed by atoms with Crippen molar-refractivity contribution in [2.24, 2.45) is 0 Å². The van der Waals surface area contributed by atoms with Crippen LogP contribution in [-0.4, -0.2) is 21.3 Å². The number of carbonyl (C=O) groups is 1. The maximum absolute atomic E-state index is 10.8. The van der Waals surface area contributed by atoms with Crippen molar-refractivity contribution in [3.8, 4) is 10.6 Å². The van der Waals surface area contributed by atoms with E-state index in [1.54, 1.807) is 23.5 Å². The summed E-state index contributed by atoms with van der Waals surface area (Å²) in [5.74, 6) is -0.913. The summed E-state index contributed by atoms with van der Waals surface area (Å²) in [5.41, 5.74) is 3.59. The lowest BCUT2D eigenvalue weighted by Crippen LogP contribution is -1.96. The van der Waals surface area contributed by atoms with Crippen LogP contribution >= 0.6 is 11.3 Å². The van der Waals surface area contributed by atoms with Crippen molar-refractivity contribution in [1.82, 2.24) is 10.2 Å². The molecule has 5 heteroatoms. The van der Waals surface area contributed by atoms with Crippen LogP contribution in [0, 0.1) is 6.92 Å². The number of aromatic carboxylic acids is 1. The second kappa shape index (κ2) is 6.07. The van der Waals surface area contributed by atoms with Gasteiger partial charge in [-0.15, -0.1) is 10.2 Å². The lowest BCUT2D eigenvalue weighted by Gasteiger charge is -1.99. The molecule has 0 spiro atoms. The van der Waals surface area contributed by atoms with Crippen molar-refractivity contribution >= 4 is 17.3 Å². The number of rotatable bonds is 4. The van der Waals surface area contributed by atoms with Gasteiger partial charge in [0.1, 0.15) is 10.0 Å². The Morgan fingerprint density at radius 1 is 1.14 bits per heavy atom. The first-order valence-corrected chi connectivity index (χ1v) is 7.65. The van der Waals surface area contributed by atoms with Crippen LogP contribution in [0.5, 0.6) is 0 Å². The van der Waals surface area contributed by atoms with Gasteiger partial charge in [0.05, 0.1) is 5.56 Å². The van der Waals surface area contributed by atoms with Crippen molar-refractivity contribution in [3.05, 3.63) is 70.2 Å². The van der Waals surface area contributed by atoms with Crippen molar-refractivity contribution in [2.75, 3.05) is 0 Å². The van der Waals surface area contributed by atoms with Gasteiger partial charge in [-0.2, -0.15) is 0 Å². The molecule has 0 radical (unpaired) electrons. The molecule has 0 bridgehead atoms. The van der Waals surface area contributed by atoms with E-state index < -0.39 is 5.97 Å². The number of nitrogens with zero attached hydrogens (tertiary/aromatic N) is 2. The number of aromatic nitrogens is 2. The van der Waals surface area contributed by atoms with Gasteiger partial charge in [-0.3, -0.25) is 0 Å². The normalized spacial score (nSPS) is 10.6. The predicted octanol–water partition coefficient (Wildman–Crippen LogP) is 3.80. The van der Waals surface area contributed by atoms with E-state index in [0.717, 1.165) is 21.1 Å². The quantitative estimate of drug-likeness (QED) is 0.796. The largest absolute Gasteiger partial charge is 0.478 e. The van der Waals surface area contributed by atoms with E-state index in [1.165, 1.54) is 5.56 Å². The van der Waals surface area contributed by atoms with Crippen molar-refractivity contribution in [2.45, 2.75) is 13.3 Å². The summed E-state index contributed by atoms with van der Waals surface area (Å²) in [6, 6.07) is 15.0. The zero-order valence-corrected chi connectivity index (χ0v) is 12.8. The molecule has 0 aliphatic heterocycles.